The minimum absolute atomic E-state index is 0.0312. The number of benzene rings is 2. The molecule has 1 N–H and O–H groups in total. The number of rotatable bonds is 11. The number of hydrogen-bond donors (Lipinski definition) is 1. The van der Waals surface area contributed by atoms with E-state index in [1.807, 2.05) is 0 Å². The third-order valence-electron chi connectivity index (χ3n) is 5.40. The summed E-state index contributed by atoms with van der Waals surface area (Å²) in [5, 5.41) is 2.77. The highest BCUT2D eigenvalue weighted by Crippen LogP contribution is 2.30. The fourth-order valence-corrected chi connectivity index (χ4v) is 5.25. The molecule has 0 radical (unpaired) electrons. The maximum absolute atomic E-state index is 13.1. The van der Waals surface area contributed by atoms with Gasteiger partial charge in [0, 0.05) is 30.9 Å². The average Bonchev–Trinajstić information content (AvgIpc) is 3.33. The summed E-state index contributed by atoms with van der Waals surface area (Å²) >= 11 is 0. The summed E-state index contributed by atoms with van der Waals surface area (Å²) in [4.78, 5) is 12.8. The summed E-state index contributed by atoms with van der Waals surface area (Å²) < 4.78 is 44.4. The average molecular weight is 477 g/mol. The minimum Gasteiger partial charge on any atom is -0.492 e. The first-order valence-electron chi connectivity index (χ1n) is 11.3. The van der Waals surface area contributed by atoms with E-state index >= 15 is 0 Å². The summed E-state index contributed by atoms with van der Waals surface area (Å²) in [5.41, 5.74) is 0.800. The molecule has 33 heavy (non-hydrogen) atoms. The fourth-order valence-electron chi connectivity index (χ4n) is 3.64. The van der Waals surface area contributed by atoms with E-state index in [0.717, 1.165) is 19.4 Å². The molecule has 0 saturated carbocycles. The Labute approximate surface area is 195 Å². The molecule has 0 spiro atoms. The third kappa shape index (κ3) is 6.25. The Morgan fingerprint density at radius 2 is 1.82 bits per heavy atom. The van der Waals surface area contributed by atoms with Gasteiger partial charge >= 0.3 is 0 Å². The van der Waals surface area contributed by atoms with Gasteiger partial charge in [0.05, 0.1) is 12.7 Å². The van der Waals surface area contributed by atoms with Gasteiger partial charge in [0.1, 0.15) is 23.0 Å². The Morgan fingerprint density at radius 1 is 1.09 bits per heavy atom. The van der Waals surface area contributed by atoms with Gasteiger partial charge in [0.25, 0.3) is 5.91 Å². The van der Waals surface area contributed by atoms with Crippen molar-refractivity contribution < 1.29 is 27.4 Å². The van der Waals surface area contributed by atoms with Gasteiger partial charge in [-0.1, -0.05) is 13.8 Å². The second-order valence-corrected chi connectivity index (χ2v) is 9.51. The number of nitrogens with zero attached hydrogens (tertiary/aromatic N) is 1. The monoisotopic (exact) mass is 476 g/mol. The van der Waals surface area contributed by atoms with Crippen molar-refractivity contribution in [3.05, 3.63) is 48.0 Å². The van der Waals surface area contributed by atoms with Crippen molar-refractivity contribution in [2.45, 2.75) is 44.6 Å². The quantitative estimate of drug-likeness (QED) is 0.528. The molecule has 1 amide bonds. The van der Waals surface area contributed by atoms with E-state index in [0.29, 0.717) is 43.3 Å². The maximum atomic E-state index is 13.1. The second kappa shape index (κ2) is 11.5. The number of carbonyl (C=O) groups is 1. The van der Waals surface area contributed by atoms with Crippen molar-refractivity contribution in [1.29, 1.82) is 0 Å². The Hall–Kier alpha value is -2.62. The molecule has 3 rings (SSSR count). The normalized spacial score (nSPS) is 16.1. The second-order valence-electron chi connectivity index (χ2n) is 7.61. The lowest BCUT2D eigenvalue weighted by molar-refractivity contribution is 0.0679. The number of nitrogens with one attached hydrogen (secondary N) is 1. The minimum atomic E-state index is -3.77. The zero-order valence-corrected chi connectivity index (χ0v) is 20.2. The van der Waals surface area contributed by atoms with Crippen LogP contribution in [0.1, 0.15) is 44.0 Å². The Morgan fingerprint density at radius 3 is 2.42 bits per heavy atom. The largest absolute Gasteiger partial charge is 0.492 e. The van der Waals surface area contributed by atoms with Crippen molar-refractivity contribution in [2.24, 2.45) is 0 Å². The molecule has 0 bridgehead atoms. The van der Waals surface area contributed by atoms with Crippen molar-refractivity contribution >= 4 is 21.6 Å². The molecule has 180 valence electrons. The van der Waals surface area contributed by atoms with E-state index in [2.05, 4.69) is 5.32 Å². The van der Waals surface area contributed by atoms with E-state index < -0.39 is 10.0 Å². The number of amides is 1. The van der Waals surface area contributed by atoms with E-state index in [4.69, 9.17) is 14.2 Å². The summed E-state index contributed by atoms with van der Waals surface area (Å²) in [5.74, 6) is 0.571. The highest BCUT2D eigenvalue weighted by atomic mass is 32.2. The predicted octanol–water partition coefficient (Wildman–Crippen LogP) is 3.93. The van der Waals surface area contributed by atoms with Crippen LogP contribution < -0.4 is 14.8 Å². The van der Waals surface area contributed by atoms with Crippen molar-refractivity contribution in [2.75, 3.05) is 38.2 Å². The van der Waals surface area contributed by atoms with Crippen LogP contribution >= 0.6 is 0 Å². The van der Waals surface area contributed by atoms with Gasteiger partial charge in [-0.25, -0.2) is 8.42 Å². The van der Waals surface area contributed by atoms with E-state index in [9.17, 15) is 13.2 Å². The Kier molecular flexibility index (Phi) is 8.71. The molecule has 2 aromatic carbocycles. The number of ether oxygens (including phenoxy) is 3. The molecule has 1 aliphatic heterocycles. The van der Waals surface area contributed by atoms with Crippen LogP contribution in [0.5, 0.6) is 11.5 Å². The maximum Gasteiger partial charge on any atom is 0.255 e. The summed E-state index contributed by atoms with van der Waals surface area (Å²) in [6.07, 6.45) is 2.17. The highest BCUT2D eigenvalue weighted by Gasteiger charge is 2.26. The topological polar surface area (TPSA) is 94.2 Å². The molecule has 9 heteroatoms. The smallest absolute Gasteiger partial charge is 0.255 e. The Bertz CT molecular complexity index is 1030. The van der Waals surface area contributed by atoms with Crippen LogP contribution in [0.2, 0.25) is 0 Å². The molecular weight excluding hydrogens is 444 g/mol. The first kappa shape index (κ1) is 25.0. The molecule has 1 aliphatic rings. The molecule has 1 atom stereocenters. The van der Waals surface area contributed by atoms with Crippen molar-refractivity contribution in [3.8, 4) is 11.5 Å². The third-order valence-corrected chi connectivity index (χ3v) is 7.47. The fraction of sp³-hybridized carbons (Fsp3) is 0.458. The lowest BCUT2D eigenvalue weighted by Gasteiger charge is -2.21. The lowest BCUT2D eigenvalue weighted by atomic mass is 10.2. The molecular formula is C24H32N2O6S. The highest BCUT2D eigenvalue weighted by molar-refractivity contribution is 7.89. The number of sulfonamides is 1. The van der Waals surface area contributed by atoms with E-state index in [1.54, 1.807) is 57.2 Å². The van der Waals surface area contributed by atoms with Gasteiger partial charge in [0.15, 0.2) is 0 Å². The molecule has 1 fully saturated rings. The van der Waals surface area contributed by atoms with Gasteiger partial charge < -0.3 is 19.5 Å². The molecule has 1 saturated heterocycles. The summed E-state index contributed by atoms with van der Waals surface area (Å²) in [6, 6.07) is 11.4. The van der Waals surface area contributed by atoms with Crippen LogP contribution in [0.3, 0.4) is 0 Å². The number of hydrogen-bond acceptors (Lipinski definition) is 6. The van der Waals surface area contributed by atoms with Crippen LogP contribution in [0.25, 0.3) is 0 Å². The zero-order valence-electron chi connectivity index (χ0n) is 19.4. The molecule has 0 aromatic heterocycles. The SMILES string of the molecule is CCOc1ccc(NC(=O)c2ccc(OC[C@H]3CCCO3)cc2)cc1S(=O)(=O)N(CC)CC. The standard InChI is InChI=1S/C24H32N2O6S/c1-4-26(5-2)33(28,29)23-16-19(11-14-22(23)30-6-3)25-24(27)18-9-12-20(13-10-18)32-17-21-8-7-15-31-21/h9-14,16,21H,4-8,15,17H2,1-3H3,(H,25,27)/t21-/m1/s1. The van der Waals surface area contributed by atoms with Gasteiger partial charge in [-0.2, -0.15) is 4.31 Å². The van der Waals surface area contributed by atoms with E-state index in [-0.39, 0.29) is 22.7 Å². The van der Waals surface area contributed by atoms with Gasteiger partial charge in [-0.3, -0.25) is 4.79 Å². The van der Waals surface area contributed by atoms with E-state index in [1.165, 1.54) is 10.4 Å². The Balaban J connectivity index is 1.73. The van der Waals surface area contributed by atoms with Gasteiger partial charge in [-0.05, 0) is 62.2 Å². The predicted molar refractivity (Wildman–Crippen MR) is 127 cm³/mol. The summed E-state index contributed by atoms with van der Waals surface area (Å²) in [6.45, 7) is 7.61. The van der Waals surface area contributed by atoms with Gasteiger partial charge in [0.2, 0.25) is 10.0 Å². The zero-order chi connectivity index (χ0) is 23.8. The first-order valence-corrected chi connectivity index (χ1v) is 12.8. The molecule has 8 nitrogen and oxygen atoms in total. The van der Waals surface area contributed by atoms with Crippen LogP contribution in [0.15, 0.2) is 47.4 Å². The molecule has 0 aliphatic carbocycles. The van der Waals surface area contributed by atoms with Crippen LogP contribution in [-0.4, -0.2) is 57.6 Å². The molecule has 0 unspecified atom stereocenters. The number of anilines is 1. The van der Waals surface area contributed by atoms with Crippen LogP contribution in [-0.2, 0) is 14.8 Å². The first-order chi connectivity index (χ1) is 15.9. The number of carbonyl (C=O) groups excluding carboxylic acids is 1. The van der Waals surface area contributed by atoms with Gasteiger partial charge in [-0.15, -0.1) is 0 Å². The molecule has 2 aromatic rings. The molecule has 1 heterocycles. The summed E-state index contributed by atoms with van der Waals surface area (Å²) in [7, 11) is -3.77. The van der Waals surface area contributed by atoms with Crippen LogP contribution in [0, 0.1) is 0 Å². The van der Waals surface area contributed by atoms with Crippen molar-refractivity contribution in [3.63, 3.8) is 0 Å². The van der Waals surface area contributed by atoms with Crippen LogP contribution in [0.4, 0.5) is 5.69 Å². The lowest BCUT2D eigenvalue weighted by Crippen LogP contribution is -2.31. The van der Waals surface area contributed by atoms with Crippen molar-refractivity contribution in [1.82, 2.24) is 4.31 Å².